The van der Waals surface area contributed by atoms with Gasteiger partial charge < -0.3 is 25.0 Å². The van der Waals surface area contributed by atoms with Crippen molar-refractivity contribution in [2.75, 3.05) is 36.5 Å². The number of aromatic nitrogens is 1. The van der Waals surface area contributed by atoms with Gasteiger partial charge in [0.15, 0.2) is 0 Å². The lowest BCUT2D eigenvalue weighted by atomic mass is 10.1. The second-order valence-corrected chi connectivity index (χ2v) is 6.32. The van der Waals surface area contributed by atoms with E-state index in [4.69, 9.17) is 4.74 Å². The lowest BCUT2D eigenvalue weighted by Crippen LogP contribution is -2.36. The third-order valence-corrected chi connectivity index (χ3v) is 4.62. The number of H-pyrrole nitrogens is 1. The molecule has 2 heterocycles. The zero-order valence-corrected chi connectivity index (χ0v) is 14.6. The molecule has 1 saturated heterocycles. The van der Waals surface area contributed by atoms with Gasteiger partial charge in [0, 0.05) is 29.9 Å². The van der Waals surface area contributed by atoms with Crippen LogP contribution in [0.2, 0.25) is 0 Å². The quantitative estimate of drug-likeness (QED) is 0.662. The van der Waals surface area contributed by atoms with Gasteiger partial charge in [0.1, 0.15) is 11.3 Å². The molecule has 0 atom stereocenters. The molecule has 7 nitrogen and oxygen atoms in total. The third kappa shape index (κ3) is 3.37. The molecule has 3 aromatic rings. The van der Waals surface area contributed by atoms with E-state index in [-0.39, 0.29) is 11.3 Å². The summed E-state index contributed by atoms with van der Waals surface area (Å²) in [6.07, 6.45) is 0. The average Bonchev–Trinajstić information content (AvgIpc) is 2.69. The average molecular weight is 365 g/mol. The Kier molecular flexibility index (Phi) is 4.52. The number of anilines is 2. The number of hydrogen-bond donors (Lipinski definition) is 3. The van der Waals surface area contributed by atoms with Crippen molar-refractivity contribution in [3.05, 3.63) is 64.4 Å². The van der Waals surface area contributed by atoms with Crippen LogP contribution in [0.3, 0.4) is 0 Å². The molecule has 1 aromatic heterocycles. The van der Waals surface area contributed by atoms with Crippen molar-refractivity contribution in [2.45, 2.75) is 0 Å². The van der Waals surface area contributed by atoms with Crippen molar-refractivity contribution in [2.24, 2.45) is 0 Å². The van der Waals surface area contributed by atoms with E-state index < -0.39 is 11.5 Å². The van der Waals surface area contributed by atoms with Crippen LogP contribution in [0.4, 0.5) is 11.4 Å². The number of nitrogens with one attached hydrogen (secondary N) is 2. The number of hydrogen-bond acceptors (Lipinski definition) is 5. The predicted octanol–water partition coefficient (Wildman–Crippen LogP) is 2.32. The van der Waals surface area contributed by atoms with E-state index in [0.29, 0.717) is 29.8 Å². The highest BCUT2D eigenvalue weighted by Crippen LogP contribution is 2.25. The second kappa shape index (κ2) is 7.13. The van der Waals surface area contributed by atoms with Gasteiger partial charge in [-0.1, -0.05) is 12.1 Å². The number of rotatable bonds is 3. The van der Waals surface area contributed by atoms with Crippen LogP contribution in [0.1, 0.15) is 10.4 Å². The zero-order chi connectivity index (χ0) is 18.8. The molecule has 0 saturated carbocycles. The molecule has 0 radical (unpaired) electrons. The number of fused-ring (bicyclic) bond motifs is 1. The summed E-state index contributed by atoms with van der Waals surface area (Å²) >= 11 is 0. The molecule has 7 heteroatoms. The molecule has 1 fully saturated rings. The van der Waals surface area contributed by atoms with Crippen LogP contribution in [-0.2, 0) is 4.74 Å². The maximum atomic E-state index is 12.6. The van der Waals surface area contributed by atoms with Gasteiger partial charge in [-0.15, -0.1) is 0 Å². The Bertz CT molecular complexity index is 1040. The minimum atomic E-state index is -0.654. The second-order valence-electron chi connectivity index (χ2n) is 6.32. The van der Waals surface area contributed by atoms with Crippen LogP contribution in [0.15, 0.2) is 53.3 Å². The van der Waals surface area contributed by atoms with Crippen molar-refractivity contribution in [1.82, 2.24) is 4.98 Å². The summed E-state index contributed by atoms with van der Waals surface area (Å²) in [4.78, 5) is 29.6. The zero-order valence-electron chi connectivity index (χ0n) is 14.6. The Labute approximate surface area is 155 Å². The van der Waals surface area contributed by atoms with Crippen LogP contribution >= 0.6 is 0 Å². The standard InChI is InChI=1S/C20H19N3O4/c24-18-15-3-1-2-4-16(15)22-20(26)17(18)19(25)21-13-5-7-14(8-6-13)23-9-11-27-12-10-23/h1-8H,9-12H2,(H,21,25)(H2,22,24,26). The van der Waals surface area contributed by atoms with Crippen molar-refractivity contribution in [3.63, 3.8) is 0 Å². The highest BCUT2D eigenvalue weighted by molar-refractivity contribution is 6.08. The van der Waals surface area contributed by atoms with Crippen LogP contribution < -0.4 is 15.8 Å². The molecule has 27 heavy (non-hydrogen) atoms. The van der Waals surface area contributed by atoms with Gasteiger partial charge in [-0.2, -0.15) is 0 Å². The molecule has 0 bridgehead atoms. The van der Waals surface area contributed by atoms with Crippen LogP contribution in [0.25, 0.3) is 10.9 Å². The number of carbonyl (C=O) groups excluding carboxylic acids is 1. The molecule has 1 amide bonds. The summed E-state index contributed by atoms with van der Waals surface area (Å²) < 4.78 is 5.34. The van der Waals surface area contributed by atoms with Gasteiger partial charge in [-0.3, -0.25) is 9.59 Å². The monoisotopic (exact) mass is 365 g/mol. The largest absolute Gasteiger partial charge is 0.506 e. The number of amides is 1. The fourth-order valence-corrected chi connectivity index (χ4v) is 3.21. The summed E-state index contributed by atoms with van der Waals surface area (Å²) in [5.74, 6) is -0.976. The first-order valence-corrected chi connectivity index (χ1v) is 8.71. The Hall–Kier alpha value is -3.32. The fourth-order valence-electron chi connectivity index (χ4n) is 3.21. The highest BCUT2D eigenvalue weighted by atomic mass is 16.5. The summed E-state index contributed by atoms with van der Waals surface area (Å²) in [5, 5.41) is 13.5. The Morgan fingerprint density at radius 2 is 1.78 bits per heavy atom. The first-order chi connectivity index (χ1) is 13.1. The van der Waals surface area contributed by atoms with Gasteiger partial charge in [0.25, 0.3) is 11.5 Å². The minimum absolute atomic E-state index is 0.300. The lowest BCUT2D eigenvalue weighted by Gasteiger charge is -2.28. The number of ether oxygens (including phenoxy) is 1. The van der Waals surface area contributed by atoms with Gasteiger partial charge >= 0.3 is 0 Å². The number of pyridine rings is 1. The normalized spacial score (nSPS) is 14.3. The van der Waals surface area contributed by atoms with Gasteiger partial charge in [0.2, 0.25) is 0 Å². The molecule has 3 N–H and O–H groups in total. The van der Waals surface area contributed by atoms with E-state index in [1.165, 1.54) is 0 Å². The molecule has 0 spiro atoms. The Morgan fingerprint density at radius 1 is 1.07 bits per heavy atom. The summed E-state index contributed by atoms with van der Waals surface area (Å²) in [5.41, 5.74) is 1.14. The molecule has 4 rings (SSSR count). The molecule has 1 aliphatic rings. The van der Waals surface area contributed by atoms with Crippen LogP contribution in [0, 0.1) is 0 Å². The van der Waals surface area contributed by atoms with Gasteiger partial charge in [-0.25, -0.2) is 0 Å². The minimum Gasteiger partial charge on any atom is -0.506 e. The van der Waals surface area contributed by atoms with E-state index in [1.807, 2.05) is 12.1 Å². The molecule has 138 valence electrons. The first-order valence-electron chi connectivity index (χ1n) is 8.71. The number of morpholine rings is 1. The van der Waals surface area contributed by atoms with Crippen molar-refractivity contribution >= 4 is 28.2 Å². The lowest BCUT2D eigenvalue weighted by molar-refractivity contribution is 0.102. The van der Waals surface area contributed by atoms with Crippen LogP contribution in [-0.4, -0.2) is 42.3 Å². The predicted molar refractivity (Wildman–Crippen MR) is 104 cm³/mol. The topological polar surface area (TPSA) is 94.7 Å². The van der Waals surface area contributed by atoms with Gasteiger partial charge in [0.05, 0.1) is 18.7 Å². The fraction of sp³-hybridized carbons (Fsp3) is 0.200. The molecule has 0 unspecified atom stereocenters. The number of carbonyl (C=O) groups is 1. The van der Waals surface area contributed by atoms with E-state index >= 15 is 0 Å². The SMILES string of the molecule is O=C(Nc1ccc(N2CCOCC2)cc1)c1c(O)c2ccccc2[nH]c1=O. The van der Waals surface area contributed by atoms with Crippen molar-refractivity contribution in [1.29, 1.82) is 0 Å². The maximum Gasteiger partial charge on any atom is 0.265 e. The number of benzene rings is 2. The van der Waals surface area contributed by atoms with Gasteiger partial charge in [-0.05, 0) is 36.4 Å². The molecular weight excluding hydrogens is 346 g/mol. The summed E-state index contributed by atoms with van der Waals surface area (Å²) in [6.45, 7) is 3.04. The number of para-hydroxylation sites is 1. The highest BCUT2D eigenvalue weighted by Gasteiger charge is 2.19. The van der Waals surface area contributed by atoms with E-state index in [0.717, 1.165) is 18.8 Å². The number of nitrogens with zero attached hydrogens (tertiary/aromatic N) is 1. The van der Waals surface area contributed by atoms with Crippen molar-refractivity contribution < 1.29 is 14.6 Å². The smallest absolute Gasteiger partial charge is 0.265 e. The van der Waals surface area contributed by atoms with E-state index in [1.54, 1.807) is 36.4 Å². The molecule has 1 aliphatic heterocycles. The summed E-state index contributed by atoms with van der Waals surface area (Å²) in [7, 11) is 0. The van der Waals surface area contributed by atoms with E-state index in [9.17, 15) is 14.7 Å². The number of aromatic amines is 1. The van der Waals surface area contributed by atoms with E-state index in [2.05, 4.69) is 15.2 Å². The Morgan fingerprint density at radius 3 is 2.52 bits per heavy atom. The summed E-state index contributed by atoms with van der Waals surface area (Å²) in [6, 6.07) is 14.2. The molecular formula is C20H19N3O4. The first kappa shape index (κ1) is 17.1. The third-order valence-electron chi connectivity index (χ3n) is 4.62. The van der Waals surface area contributed by atoms with Crippen LogP contribution in [0.5, 0.6) is 5.75 Å². The molecule has 2 aromatic carbocycles. The maximum absolute atomic E-state index is 12.6. The number of aromatic hydroxyl groups is 1. The van der Waals surface area contributed by atoms with Crippen molar-refractivity contribution in [3.8, 4) is 5.75 Å². The molecule has 0 aliphatic carbocycles. The Balaban J connectivity index is 1.57.